The number of aliphatic hydroxyl groups is 3. The monoisotopic (exact) mass is 364 g/mol. The Labute approximate surface area is 156 Å². The van der Waals surface area contributed by atoms with Crippen molar-refractivity contribution < 1.29 is 24.9 Å². The topological polar surface area (TPSA) is 94.8 Å². The van der Waals surface area contributed by atoms with E-state index < -0.39 is 34.9 Å². The van der Waals surface area contributed by atoms with Crippen LogP contribution in [0.1, 0.15) is 60.8 Å². The quantitative estimate of drug-likeness (QED) is 0.453. The summed E-state index contributed by atoms with van der Waals surface area (Å²) in [5.41, 5.74) is -0.626. The third kappa shape index (κ3) is 4.71. The van der Waals surface area contributed by atoms with E-state index in [9.17, 15) is 24.9 Å². The zero-order chi connectivity index (χ0) is 20.2. The number of Topliss-reactive ketones (excluding diaryl/α,β-unsaturated/α-hetero) is 2. The molecule has 0 aromatic carbocycles. The zero-order valence-corrected chi connectivity index (χ0v) is 16.7. The lowest BCUT2D eigenvalue weighted by molar-refractivity contribution is -0.134. The SMILES string of the molecule is CC(C)=CCC1C(=O)C(C(=O)CC(C)C)=C(O)[C@]1(O)[C@H](O)CC=C(C)C. The summed E-state index contributed by atoms with van der Waals surface area (Å²) in [6.45, 7) is 11.1. The van der Waals surface area contributed by atoms with E-state index in [1.807, 2.05) is 41.5 Å². The molecular formula is C21H32O5. The van der Waals surface area contributed by atoms with Crippen molar-refractivity contribution in [2.24, 2.45) is 11.8 Å². The molecule has 1 unspecified atom stereocenters. The van der Waals surface area contributed by atoms with Gasteiger partial charge in [-0.1, -0.05) is 37.1 Å². The highest BCUT2D eigenvalue weighted by atomic mass is 16.4. The van der Waals surface area contributed by atoms with Gasteiger partial charge in [-0.3, -0.25) is 9.59 Å². The van der Waals surface area contributed by atoms with Crippen LogP contribution in [-0.2, 0) is 9.59 Å². The van der Waals surface area contributed by atoms with E-state index >= 15 is 0 Å². The van der Waals surface area contributed by atoms with Crippen molar-refractivity contribution in [2.75, 3.05) is 0 Å². The molecule has 0 saturated carbocycles. The van der Waals surface area contributed by atoms with Gasteiger partial charge in [-0.25, -0.2) is 0 Å². The van der Waals surface area contributed by atoms with Gasteiger partial charge in [0.25, 0.3) is 0 Å². The van der Waals surface area contributed by atoms with Crippen molar-refractivity contribution in [3.8, 4) is 0 Å². The van der Waals surface area contributed by atoms with Crippen LogP contribution >= 0.6 is 0 Å². The van der Waals surface area contributed by atoms with Crippen LogP contribution in [0.25, 0.3) is 0 Å². The maximum atomic E-state index is 12.9. The first-order valence-electron chi connectivity index (χ1n) is 9.11. The molecule has 0 amide bonds. The van der Waals surface area contributed by atoms with E-state index in [4.69, 9.17) is 0 Å². The molecule has 0 aromatic rings. The van der Waals surface area contributed by atoms with Crippen LogP contribution < -0.4 is 0 Å². The van der Waals surface area contributed by atoms with Gasteiger partial charge in [0.15, 0.2) is 17.2 Å². The summed E-state index contributed by atoms with van der Waals surface area (Å²) in [5, 5.41) is 32.4. The van der Waals surface area contributed by atoms with E-state index in [2.05, 4.69) is 0 Å². The largest absolute Gasteiger partial charge is 0.508 e. The number of allylic oxidation sites excluding steroid dienone is 4. The maximum absolute atomic E-state index is 12.9. The van der Waals surface area contributed by atoms with Gasteiger partial charge in [-0.05, 0) is 46.5 Å². The van der Waals surface area contributed by atoms with E-state index in [1.54, 1.807) is 12.2 Å². The smallest absolute Gasteiger partial charge is 0.176 e. The highest BCUT2D eigenvalue weighted by Crippen LogP contribution is 2.43. The molecule has 0 radical (unpaired) electrons. The molecule has 3 N–H and O–H groups in total. The molecule has 5 nitrogen and oxygen atoms in total. The number of hydrogen-bond donors (Lipinski definition) is 3. The molecule has 0 spiro atoms. The Bertz CT molecular complexity index is 645. The molecular weight excluding hydrogens is 332 g/mol. The lowest BCUT2D eigenvalue weighted by Crippen LogP contribution is -2.49. The van der Waals surface area contributed by atoms with Gasteiger partial charge >= 0.3 is 0 Å². The first-order valence-corrected chi connectivity index (χ1v) is 9.11. The van der Waals surface area contributed by atoms with Crippen LogP contribution in [0.4, 0.5) is 0 Å². The summed E-state index contributed by atoms with van der Waals surface area (Å²) in [6.07, 6.45) is 2.43. The summed E-state index contributed by atoms with van der Waals surface area (Å²) < 4.78 is 0. The molecule has 26 heavy (non-hydrogen) atoms. The molecule has 1 aliphatic rings. The molecule has 0 heterocycles. The van der Waals surface area contributed by atoms with Gasteiger partial charge in [0.2, 0.25) is 0 Å². The molecule has 0 aromatic heterocycles. The summed E-state index contributed by atoms with van der Waals surface area (Å²) in [7, 11) is 0. The summed E-state index contributed by atoms with van der Waals surface area (Å²) in [4.78, 5) is 25.3. The third-order valence-corrected chi connectivity index (χ3v) is 4.60. The number of carbonyl (C=O) groups is 2. The highest BCUT2D eigenvalue weighted by Gasteiger charge is 2.58. The fourth-order valence-electron chi connectivity index (χ4n) is 3.16. The maximum Gasteiger partial charge on any atom is 0.176 e. The Kier molecular flexibility index (Phi) is 7.54. The number of carbonyl (C=O) groups excluding carboxylic acids is 2. The molecule has 1 rings (SSSR count). The molecule has 0 aliphatic heterocycles. The van der Waals surface area contributed by atoms with Crippen LogP contribution in [0.15, 0.2) is 34.6 Å². The zero-order valence-electron chi connectivity index (χ0n) is 16.7. The minimum atomic E-state index is -2.16. The molecule has 5 heteroatoms. The van der Waals surface area contributed by atoms with E-state index in [0.29, 0.717) is 0 Å². The molecule has 146 valence electrons. The predicted octanol–water partition coefficient (Wildman–Crippen LogP) is 3.42. The second-order valence-corrected chi connectivity index (χ2v) is 8.04. The summed E-state index contributed by atoms with van der Waals surface area (Å²) in [5.74, 6) is -2.84. The lowest BCUT2D eigenvalue weighted by Gasteiger charge is -2.33. The van der Waals surface area contributed by atoms with E-state index in [0.717, 1.165) is 11.1 Å². The third-order valence-electron chi connectivity index (χ3n) is 4.60. The minimum Gasteiger partial charge on any atom is -0.508 e. The Morgan fingerprint density at radius 3 is 2.15 bits per heavy atom. The van der Waals surface area contributed by atoms with Gasteiger partial charge < -0.3 is 15.3 Å². The van der Waals surface area contributed by atoms with Gasteiger partial charge in [0.1, 0.15) is 11.3 Å². The first kappa shape index (κ1) is 22.3. The average Bonchev–Trinajstić information content (AvgIpc) is 2.69. The number of aliphatic hydroxyl groups excluding tert-OH is 2. The molecule has 0 bridgehead atoms. The van der Waals surface area contributed by atoms with Crippen molar-refractivity contribution in [1.82, 2.24) is 0 Å². The fourth-order valence-corrected chi connectivity index (χ4v) is 3.16. The van der Waals surface area contributed by atoms with Crippen LogP contribution in [0.2, 0.25) is 0 Å². The summed E-state index contributed by atoms with van der Waals surface area (Å²) >= 11 is 0. The van der Waals surface area contributed by atoms with Crippen LogP contribution in [0.3, 0.4) is 0 Å². The number of ketones is 2. The summed E-state index contributed by atoms with van der Waals surface area (Å²) in [6, 6.07) is 0. The molecule has 0 fully saturated rings. The fraction of sp³-hybridized carbons (Fsp3) is 0.619. The highest BCUT2D eigenvalue weighted by molar-refractivity contribution is 6.23. The molecule has 3 atom stereocenters. The standard InChI is InChI=1S/C21H32O5/c1-12(2)7-9-15-19(24)18(16(22)11-14(5)6)20(25)21(15,26)17(23)10-8-13(3)4/h7-8,14-15,17,23,25-26H,9-11H2,1-6H3/t15?,17-,21-/m1/s1. The van der Waals surface area contributed by atoms with Crippen molar-refractivity contribution in [3.63, 3.8) is 0 Å². The Balaban J connectivity index is 3.38. The number of rotatable bonds is 8. The van der Waals surface area contributed by atoms with Crippen LogP contribution in [-0.4, -0.2) is 38.6 Å². The second-order valence-electron chi connectivity index (χ2n) is 8.04. The first-order chi connectivity index (χ1) is 11.9. The second kappa shape index (κ2) is 8.78. The Hall–Kier alpha value is -1.72. The van der Waals surface area contributed by atoms with Crippen molar-refractivity contribution in [3.05, 3.63) is 34.6 Å². The predicted molar refractivity (Wildman–Crippen MR) is 102 cm³/mol. The average molecular weight is 364 g/mol. The lowest BCUT2D eigenvalue weighted by atomic mass is 9.80. The van der Waals surface area contributed by atoms with E-state index in [1.165, 1.54) is 0 Å². The van der Waals surface area contributed by atoms with Crippen LogP contribution in [0, 0.1) is 11.8 Å². The Morgan fingerprint density at radius 1 is 1.15 bits per heavy atom. The van der Waals surface area contributed by atoms with Gasteiger partial charge in [-0.15, -0.1) is 0 Å². The van der Waals surface area contributed by atoms with Gasteiger partial charge in [-0.2, -0.15) is 0 Å². The molecule has 0 saturated heterocycles. The van der Waals surface area contributed by atoms with Gasteiger partial charge in [0.05, 0.1) is 12.0 Å². The minimum absolute atomic E-state index is 0.0103. The van der Waals surface area contributed by atoms with Crippen molar-refractivity contribution >= 4 is 11.6 Å². The van der Waals surface area contributed by atoms with E-state index in [-0.39, 0.29) is 30.8 Å². The van der Waals surface area contributed by atoms with Crippen LogP contribution in [0.5, 0.6) is 0 Å². The van der Waals surface area contributed by atoms with Crippen molar-refractivity contribution in [2.45, 2.75) is 72.5 Å². The number of hydrogen-bond acceptors (Lipinski definition) is 5. The van der Waals surface area contributed by atoms with Crippen molar-refractivity contribution in [1.29, 1.82) is 0 Å². The normalized spacial score (nSPS) is 24.0. The Morgan fingerprint density at radius 2 is 1.69 bits per heavy atom. The molecule has 1 aliphatic carbocycles. The van der Waals surface area contributed by atoms with Gasteiger partial charge in [0, 0.05) is 6.42 Å².